The number of halogens is 1. The van der Waals surface area contributed by atoms with Crippen molar-refractivity contribution in [2.75, 3.05) is 32.1 Å². The molecule has 0 amide bonds. The average molecular weight is 296 g/mol. The highest BCUT2D eigenvalue weighted by Gasteiger charge is 2.23. The van der Waals surface area contributed by atoms with E-state index in [2.05, 4.69) is 30.0 Å². The molecule has 1 aromatic rings. The van der Waals surface area contributed by atoms with Crippen molar-refractivity contribution in [2.24, 2.45) is 5.73 Å². The highest BCUT2D eigenvalue weighted by molar-refractivity contribution is 6.33. The Hall–Kier alpha value is -0.770. The lowest BCUT2D eigenvalue weighted by atomic mass is 10.00. The van der Waals surface area contributed by atoms with Crippen LogP contribution in [-0.4, -0.2) is 44.2 Å². The summed E-state index contributed by atoms with van der Waals surface area (Å²) in [7, 11) is 4.36. The molecular weight excluding hydrogens is 270 g/mol. The molecule has 3 nitrogen and oxygen atoms in total. The molecule has 112 valence electrons. The van der Waals surface area contributed by atoms with Crippen LogP contribution in [0.15, 0.2) is 18.2 Å². The lowest BCUT2D eigenvalue weighted by Gasteiger charge is -2.37. The van der Waals surface area contributed by atoms with Crippen LogP contribution in [0.3, 0.4) is 0 Å². The van der Waals surface area contributed by atoms with Crippen LogP contribution in [0, 0.1) is 0 Å². The molecule has 4 heteroatoms. The molecule has 2 N–H and O–H groups in total. The second kappa shape index (κ2) is 6.79. The molecule has 0 saturated carbocycles. The van der Waals surface area contributed by atoms with E-state index in [0.717, 1.165) is 24.5 Å². The topological polar surface area (TPSA) is 32.5 Å². The van der Waals surface area contributed by atoms with Gasteiger partial charge < -0.3 is 15.5 Å². The van der Waals surface area contributed by atoms with Crippen molar-refractivity contribution < 1.29 is 0 Å². The van der Waals surface area contributed by atoms with Crippen molar-refractivity contribution in [3.8, 4) is 0 Å². The van der Waals surface area contributed by atoms with E-state index in [1.54, 1.807) is 0 Å². The Morgan fingerprint density at radius 1 is 1.40 bits per heavy atom. The first-order valence-corrected chi connectivity index (χ1v) is 7.81. The minimum atomic E-state index is 0.151. The van der Waals surface area contributed by atoms with Crippen molar-refractivity contribution in [1.82, 2.24) is 4.90 Å². The number of benzene rings is 1. The number of anilines is 1. The molecular formula is C16H26ClN3. The number of nitrogens with zero attached hydrogens (tertiary/aromatic N) is 2. The Labute approximate surface area is 127 Å². The van der Waals surface area contributed by atoms with Crippen LogP contribution >= 0.6 is 11.6 Å². The number of rotatable bonds is 4. The molecule has 1 atom stereocenters. The smallest absolute Gasteiger partial charge is 0.0642 e. The van der Waals surface area contributed by atoms with Gasteiger partial charge in [0.2, 0.25) is 0 Å². The number of nitrogens with two attached hydrogens (primary N) is 1. The van der Waals surface area contributed by atoms with Gasteiger partial charge in [-0.1, -0.05) is 23.7 Å². The Balaban J connectivity index is 2.21. The van der Waals surface area contributed by atoms with Crippen LogP contribution in [-0.2, 0) is 6.42 Å². The minimum absolute atomic E-state index is 0.151. The summed E-state index contributed by atoms with van der Waals surface area (Å²) in [6.45, 7) is 4.35. The van der Waals surface area contributed by atoms with Crippen LogP contribution in [0.5, 0.6) is 0 Å². The summed E-state index contributed by atoms with van der Waals surface area (Å²) in [6, 6.07) is 6.87. The minimum Gasteiger partial charge on any atom is -0.370 e. The van der Waals surface area contributed by atoms with Gasteiger partial charge in [-0.25, -0.2) is 0 Å². The first-order chi connectivity index (χ1) is 9.49. The zero-order valence-electron chi connectivity index (χ0n) is 12.8. The van der Waals surface area contributed by atoms with E-state index in [9.17, 15) is 0 Å². The van der Waals surface area contributed by atoms with Crippen molar-refractivity contribution >= 4 is 17.3 Å². The first-order valence-electron chi connectivity index (χ1n) is 7.43. The van der Waals surface area contributed by atoms with Gasteiger partial charge in [-0.05, 0) is 58.0 Å². The second-order valence-electron chi connectivity index (χ2n) is 6.07. The van der Waals surface area contributed by atoms with Crippen LogP contribution in [0.2, 0.25) is 5.02 Å². The number of para-hydroxylation sites is 1. The molecule has 0 radical (unpaired) electrons. The van der Waals surface area contributed by atoms with Gasteiger partial charge in [-0.2, -0.15) is 0 Å². The monoisotopic (exact) mass is 295 g/mol. The lowest BCUT2D eigenvalue weighted by molar-refractivity contribution is 0.252. The molecule has 0 aromatic heterocycles. The highest BCUT2D eigenvalue weighted by Crippen LogP contribution is 2.33. The molecule has 2 rings (SSSR count). The summed E-state index contributed by atoms with van der Waals surface area (Å²) in [5.74, 6) is 0. The molecule has 1 heterocycles. The fourth-order valence-corrected chi connectivity index (χ4v) is 3.36. The normalized spacial score (nSPS) is 19.1. The van der Waals surface area contributed by atoms with Gasteiger partial charge in [0.05, 0.1) is 10.7 Å². The lowest BCUT2D eigenvalue weighted by Crippen LogP contribution is -2.42. The fraction of sp³-hybridized carbons (Fsp3) is 0.625. The molecule has 1 aromatic carbocycles. The van der Waals surface area contributed by atoms with Crippen LogP contribution in [0.25, 0.3) is 0 Å². The fourth-order valence-electron chi connectivity index (χ4n) is 3.03. The van der Waals surface area contributed by atoms with E-state index in [0.29, 0.717) is 6.04 Å². The standard InChI is InChI=1S/C16H26ClN3/c1-12(18)11-13-5-4-6-15(17)16(13)20(3)14-7-9-19(2)10-8-14/h4-6,12,14H,7-11,18H2,1-3H3. The number of hydrogen-bond donors (Lipinski definition) is 1. The Morgan fingerprint density at radius 2 is 2.05 bits per heavy atom. The maximum atomic E-state index is 6.46. The average Bonchev–Trinajstić information content (AvgIpc) is 2.38. The second-order valence-corrected chi connectivity index (χ2v) is 6.48. The number of hydrogen-bond acceptors (Lipinski definition) is 3. The molecule has 1 aliphatic heterocycles. The molecule has 1 unspecified atom stereocenters. The molecule has 20 heavy (non-hydrogen) atoms. The summed E-state index contributed by atoms with van der Waals surface area (Å²) in [5, 5.41) is 0.838. The first kappa shape index (κ1) is 15.6. The molecule has 0 aliphatic carbocycles. The van der Waals surface area contributed by atoms with Gasteiger partial charge in [0.15, 0.2) is 0 Å². The molecule has 1 aliphatic rings. The van der Waals surface area contributed by atoms with Crippen LogP contribution in [0.4, 0.5) is 5.69 Å². The molecule has 0 spiro atoms. The van der Waals surface area contributed by atoms with Crippen molar-refractivity contribution in [1.29, 1.82) is 0 Å². The SMILES string of the molecule is CC(N)Cc1cccc(Cl)c1N(C)C1CCN(C)CC1. The number of likely N-dealkylation sites (tertiary alicyclic amines) is 1. The quantitative estimate of drug-likeness (QED) is 0.927. The van der Waals surface area contributed by atoms with Crippen molar-refractivity contribution in [2.45, 2.75) is 38.3 Å². The Morgan fingerprint density at radius 3 is 2.65 bits per heavy atom. The van der Waals surface area contributed by atoms with E-state index in [4.69, 9.17) is 17.3 Å². The van der Waals surface area contributed by atoms with Gasteiger partial charge in [0.25, 0.3) is 0 Å². The maximum absolute atomic E-state index is 6.46. The summed E-state index contributed by atoms with van der Waals surface area (Å²) < 4.78 is 0. The van der Waals surface area contributed by atoms with E-state index in [-0.39, 0.29) is 6.04 Å². The predicted octanol–water partition coefficient (Wildman–Crippen LogP) is 2.76. The molecule has 1 saturated heterocycles. The van der Waals surface area contributed by atoms with Gasteiger partial charge in [0.1, 0.15) is 0 Å². The third-order valence-electron chi connectivity index (χ3n) is 4.20. The van der Waals surface area contributed by atoms with Gasteiger partial charge in [0, 0.05) is 19.1 Å². The summed E-state index contributed by atoms with van der Waals surface area (Å²) in [5.41, 5.74) is 8.40. The number of piperidine rings is 1. The third-order valence-corrected chi connectivity index (χ3v) is 4.51. The zero-order chi connectivity index (χ0) is 14.7. The van der Waals surface area contributed by atoms with Crippen LogP contribution < -0.4 is 10.6 Å². The van der Waals surface area contributed by atoms with Crippen LogP contribution in [0.1, 0.15) is 25.3 Å². The van der Waals surface area contributed by atoms with Gasteiger partial charge in [-0.15, -0.1) is 0 Å². The van der Waals surface area contributed by atoms with E-state index < -0.39 is 0 Å². The van der Waals surface area contributed by atoms with Gasteiger partial charge >= 0.3 is 0 Å². The molecule has 1 fully saturated rings. The van der Waals surface area contributed by atoms with E-state index in [1.807, 2.05) is 19.1 Å². The van der Waals surface area contributed by atoms with Crippen molar-refractivity contribution in [3.05, 3.63) is 28.8 Å². The van der Waals surface area contributed by atoms with Crippen molar-refractivity contribution in [3.63, 3.8) is 0 Å². The third kappa shape index (κ3) is 3.66. The summed E-state index contributed by atoms with van der Waals surface area (Å²) >= 11 is 6.46. The Kier molecular flexibility index (Phi) is 5.30. The summed E-state index contributed by atoms with van der Waals surface area (Å²) in [6.07, 6.45) is 3.25. The highest BCUT2D eigenvalue weighted by atomic mass is 35.5. The zero-order valence-corrected chi connectivity index (χ0v) is 13.5. The maximum Gasteiger partial charge on any atom is 0.0642 e. The summed E-state index contributed by atoms with van der Waals surface area (Å²) in [4.78, 5) is 4.76. The van der Waals surface area contributed by atoms with E-state index >= 15 is 0 Å². The molecule has 0 bridgehead atoms. The Bertz CT molecular complexity index is 439. The largest absolute Gasteiger partial charge is 0.370 e. The predicted molar refractivity (Wildman–Crippen MR) is 87.7 cm³/mol. The van der Waals surface area contributed by atoms with E-state index in [1.165, 1.54) is 24.1 Å². The van der Waals surface area contributed by atoms with Gasteiger partial charge in [-0.3, -0.25) is 0 Å².